The molecule has 1 N–H and O–H groups in total. The number of rotatable bonds is 4. The minimum absolute atomic E-state index is 0.117. The van der Waals surface area contributed by atoms with Gasteiger partial charge in [-0.05, 0) is 36.6 Å². The molecule has 4 rings (SSSR count). The van der Waals surface area contributed by atoms with E-state index in [4.69, 9.17) is 0 Å². The van der Waals surface area contributed by atoms with Crippen LogP contribution in [0.25, 0.3) is 10.9 Å². The fraction of sp³-hybridized carbons (Fsp3) is 0.222. The van der Waals surface area contributed by atoms with Gasteiger partial charge in [-0.3, -0.25) is 9.69 Å². The summed E-state index contributed by atoms with van der Waals surface area (Å²) in [6.07, 6.45) is 6.21. The minimum Gasteiger partial charge on any atom is -0.361 e. The normalized spacial score (nSPS) is 14.2. The number of nitrogens with zero attached hydrogens (tertiary/aromatic N) is 2. The lowest BCUT2D eigenvalue weighted by Crippen LogP contribution is -2.34. The van der Waals surface area contributed by atoms with Gasteiger partial charge in [0.15, 0.2) is 0 Å². The Balaban J connectivity index is 1.62. The van der Waals surface area contributed by atoms with E-state index in [2.05, 4.69) is 16.0 Å². The van der Waals surface area contributed by atoms with E-state index in [1.807, 2.05) is 47.5 Å². The predicted octanol–water partition coefficient (Wildman–Crippen LogP) is 3.30. The van der Waals surface area contributed by atoms with E-state index in [1.165, 1.54) is 0 Å². The van der Waals surface area contributed by atoms with Gasteiger partial charge >= 0.3 is 0 Å². The molecular weight excluding hydrogens is 274 g/mol. The molecule has 110 valence electrons. The summed E-state index contributed by atoms with van der Waals surface area (Å²) in [6.45, 7) is 0. The number of hydrogen-bond acceptors (Lipinski definition) is 2. The molecule has 4 nitrogen and oxygen atoms in total. The highest BCUT2D eigenvalue weighted by Crippen LogP contribution is 2.31. The highest BCUT2D eigenvalue weighted by Gasteiger charge is 2.34. The van der Waals surface area contributed by atoms with E-state index in [-0.39, 0.29) is 5.91 Å². The first kappa shape index (κ1) is 13.1. The lowest BCUT2D eigenvalue weighted by atomic mass is 10.1. The molecule has 4 heteroatoms. The summed E-state index contributed by atoms with van der Waals surface area (Å²) in [4.78, 5) is 22.3. The van der Waals surface area contributed by atoms with Crippen molar-refractivity contribution in [2.75, 3.05) is 4.90 Å². The van der Waals surface area contributed by atoms with Crippen molar-refractivity contribution in [2.45, 2.75) is 25.3 Å². The van der Waals surface area contributed by atoms with Crippen LogP contribution in [0.4, 0.5) is 5.82 Å². The van der Waals surface area contributed by atoms with Gasteiger partial charge in [0, 0.05) is 29.3 Å². The van der Waals surface area contributed by atoms with Gasteiger partial charge in [-0.2, -0.15) is 0 Å². The Morgan fingerprint density at radius 3 is 2.77 bits per heavy atom. The molecule has 1 fully saturated rings. The molecule has 2 aromatic heterocycles. The van der Waals surface area contributed by atoms with Gasteiger partial charge < -0.3 is 4.98 Å². The number of benzene rings is 1. The SMILES string of the molecule is O=C(Cc1c[nH]c2ccccc12)N(c1ccccn1)C1CC1. The minimum atomic E-state index is 0.117. The smallest absolute Gasteiger partial charge is 0.232 e. The molecule has 1 aromatic carbocycles. The number of nitrogens with one attached hydrogen (secondary N) is 1. The maximum atomic E-state index is 12.8. The van der Waals surface area contributed by atoms with E-state index in [0.717, 1.165) is 35.1 Å². The standard InChI is InChI=1S/C18H17N3O/c22-18(11-13-12-20-16-6-2-1-5-15(13)16)21(14-8-9-14)17-7-3-4-10-19-17/h1-7,10,12,14,20H,8-9,11H2. The van der Waals surface area contributed by atoms with Crippen molar-refractivity contribution in [1.82, 2.24) is 9.97 Å². The molecule has 1 aliphatic carbocycles. The largest absolute Gasteiger partial charge is 0.361 e. The predicted molar refractivity (Wildman–Crippen MR) is 86.7 cm³/mol. The number of H-pyrrole nitrogens is 1. The number of carbonyl (C=O) groups excluding carboxylic acids is 1. The number of anilines is 1. The van der Waals surface area contributed by atoms with Crippen LogP contribution in [0, 0.1) is 0 Å². The maximum absolute atomic E-state index is 12.8. The molecule has 2 heterocycles. The summed E-state index contributed by atoms with van der Waals surface area (Å²) in [5, 5.41) is 1.12. The van der Waals surface area contributed by atoms with Crippen LogP contribution < -0.4 is 4.90 Å². The second kappa shape index (κ2) is 5.30. The van der Waals surface area contributed by atoms with Gasteiger partial charge in [-0.15, -0.1) is 0 Å². The summed E-state index contributed by atoms with van der Waals surface area (Å²) in [7, 11) is 0. The maximum Gasteiger partial charge on any atom is 0.232 e. The first-order valence-electron chi connectivity index (χ1n) is 7.61. The van der Waals surface area contributed by atoms with E-state index < -0.39 is 0 Å². The number of aromatic amines is 1. The van der Waals surface area contributed by atoms with Crippen molar-refractivity contribution in [3.8, 4) is 0 Å². The highest BCUT2D eigenvalue weighted by atomic mass is 16.2. The molecule has 1 saturated carbocycles. The summed E-state index contributed by atoms with van der Waals surface area (Å²) in [6, 6.07) is 14.1. The Morgan fingerprint density at radius 1 is 1.18 bits per heavy atom. The average molecular weight is 291 g/mol. The Labute approximate surface area is 128 Å². The van der Waals surface area contributed by atoms with Crippen LogP contribution in [0.1, 0.15) is 18.4 Å². The molecule has 1 aliphatic rings. The Hall–Kier alpha value is -2.62. The summed E-state index contributed by atoms with van der Waals surface area (Å²) >= 11 is 0. The Kier molecular flexibility index (Phi) is 3.15. The van der Waals surface area contributed by atoms with Crippen LogP contribution in [0.5, 0.6) is 0 Å². The third-order valence-electron chi connectivity index (χ3n) is 4.09. The summed E-state index contributed by atoms with van der Waals surface area (Å²) < 4.78 is 0. The highest BCUT2D eigenvalue weighted by molar-refractivity contribution is 5.97. The molecule has 0 radical (unpaired) electrons. The number of aromatic nitrogens is 2. The zero-order chi connectivity index (χ0) is 14.9. The van der Waals surface area contributed by atoms with Gasteiger partial charge in [-0.25, -0.2) is 4.98 Å². The van der Waals surface area contributed by atoms with Gasteiger partial charge in [0.05, 0.1) is 6.42 Å². The van der Waals surface area contributed by atoms with Gasteiger partial charge in [0.1, 0.15) is 5.82 Å². The number of carbonyl (C=O) groups is 1. The molecule has 0 spiro atoms. The number of pyridine rings is 1. The van der Waals surface area contributed by atoms with Gasteiger partial charge in [0.25, 0.3) is 0 Å². The second-order valence-corrected chi connectivity index (χ2v) is 5.72. The summed E-state index contributed by atoms with van der Waals surface area (Å²) in [5.74, 6) is 0.876. The first-order valence-corrected chi connectivity index (χ1v) is 7.61. The lowest BCUT2D eigenvalue weighted by Gasteiger charge is -2.21. The molecule has 0 saturated heterocycles. The molecule has 0 unspecified atom stereocenters. The van der Waals surface area contributed by atoms with Crippen LogP contribution in [-0.4, -0.2) is 21.9 Å². The van der Waals surface area contributed by atoms with Crippen LogP contribution >= 0.6 is 0 Å². The molecule has 0 atom stereocenters. The fourth-order valence-corrected chi connectivity index (χ4v) is 2.87. The quantitative estimate of drug-likeness (QED) is 0.801. The van der Waals surface area contributed by atoms with Crippen molar-refractivity contribution < 1.29 is 4.79 Å². The third kappa shape index (κ3) is 2.37. The molecule has 1 amide bonds. The van der Waals surface area contributed by atoms with Crippen LogP contribution in [-0.2, 0) is 11.2 Å². The molecule has 0 aliphatic heterocycles. The monoisotopic (exact) mass is 291 g/mol. The number of amides is 1. The average Bonchev–Trinajstić information content (AvgIpc) is 3.30. The third-order valence-corrected chi connectivity index (χ3v) is 4.09. The van der Waals surface area contributed by atoms with Crippen molar-refractivity contribution in [3.63, 3.8) is 0 Å². The number of para-hydroxylation sites is 1. The number of fused-ring (bicyclic) bond motifs is 1. The van der Waals surface area contributed by atoms with Crippen molar-refractivity contribution in [1.29, 1.82) is 0 Å². The van der Waals surface area contributed by atoms with E-state index >= 15 is 0 Å². The molecule has 0 bridgehead atoms. The van der Waals surface area contributed by atoms with Gasteiger partial charge in [0.2, 0.25) is 5.91 Å². The zero-order valence-corrected chi connectivity index (χ0v) is 12.2. The second-order valence-electron chi connectivity index (χ2n) is 5.72. The summed E-state index contributed by atoms with van der Waals surface area (Å²) in [5.41, 5.74) is 2.11. The van der Waals surface area contributed by atoms with Crippen LogP contribution in [0.15, 0.2) is 54.9 Å². The first-order chi connectivity index (χ1) is 10.8. The van der Waals surface area contributed by atoms with Crippen molar-refractivity contribution in [2.24, 2.45) is 0 Å². The van der Waals surface area contributed by atoms with E-state index in [0.29, 0.717) is 12.5 Å². The van der Waals surface area contributed by atoms with Crippen molar-refractivity contribution in [3.05, 3.63) is 60.4 Å². The van der Waals surface area contributed by atoms with Crippen LogP contribution in [0.3, 0.4) is 0 Å². The lowest BCUT2D eigenvalue weighted by molar-refractivity contribution is -0.118. The van der Waals surface area contributed by atoms with Crippen LogP contribution in [0.2, 0.25) is 0 Å². The molecular formula is C18H17N3O. The number of hydrogen-bond donors (Lipinski definition) is 1. The topological polar surface area (TPSA) is 49.0 Å². The van der Waals surface area contributed by atoms with E-state index in [1.54, 1.807) is 6.20 Å². The Bertz CT molecular complexity index is 805. The Morgan fingerprint density at radius 2 is 2.00 bits per heavy atom. The molecule has 3 aromatic rings. The van der Waals surface area contributed by atoms with Crippen molar-refractivity contribution >= 4 is 22.6 Å². The zero-order valence-electron chi connectivity index (χ0n) is 12.2. The fourth-order valence-electron chi connectivity index (χ4n) is 2.87. The molecule has 22 heavy (non-hydrogen) atoms. The van der Waals surface area contributed by atoms with E-state index in [9.17, 15) is 4.79 Å². The van der Waals surface area contributed by atoms with Gasteiger partial charge in [-0.1, -0.05) is 24.3 Å².